The lowest BCUT2D eigenvalue weighted by molar-refractivity contribution is 0.147. The summed E-state index contributed by atoms with van der Waals surface area (Å²) in [6, 6.07) is 5.10. The fourth-order valence-electron chi connectivity index (χ4n) is 3.51. The molecule has 1 aromatic heterocycles. The molecule has 2 aliphatic carbocycles. The molecule has 3 heteroatoms. The number of hydrogen-bond donors (Lipinski definition) is 1. The van der Waals surface area contributed by atoms with Crippen molar-refractivity contribution in [3.8, 4) is 0 Å². The summed E-state index contributed by atoms with van der Waals surface area (Å²) < 4.78 is 0. The van der Waals surface area contributed by atoms with Gasteiger partial charge in [-0.1, -0.05) is 18.9 Å². The molecular formula is C16H26N2S. The number of hydrogen-bond acceptors (Lipinski definition) is 3. The van der Waals surface area contributed by atoms with Crippen LogP contribution in [0.3, 0.4) is 0 Å². The summed E-state index contributed by atoms with van der Waals surface area (Å²) in [6.45, 7) is 1.15. The van der Waals surface area contributed by atoms with E-state index in [2.05, 4.69) is 41.8 Å². The van der Waals surface area contributed by atoms with Gasteiger partial charge in [0.25, 0.3) is 0 Å². The second kappa shape index (κ2) is 5.55. The molecule has 3 rings (SSSR count). The molecule has 106 valence electrons. The molecule has 19 heavy (non-hydrogen) atoms. The molecule has 1 aromatic rings. The summed E-state index contributed by atoms with van der Waals surface area (Å²) in [6.07, 6.45) is 8.32. The molecule has 0 bridgehead atoms. The van der Waals surface area contributed by atoms with E-state index >= 15 is 0 Å². The summed E-state index contributed by atoms with van der Waals surface area (Å²) in [5.74, 6) is 0.888. The van der Waals surface area contributed by atoms with Crippen LogP contribution in [-0.4, -0.2) is 31.1 Å². The highest BCUT2D eigenvalue weighted by Gasteiger charge is 2.39. The molecule has 0 radical (unpaired) electrons. The van der Waals surface area contributed by atoms with Gasteiger partial charge in [-0.15, -0.1) is 11.3 Å². The predicted molar refractivity (Wildman–Crippen MR) is 82.7 cm³/mol. The van der Waals surface area contributed by atoms with Crippen LogP contribution in [0.15, 0.2) is 17.5 Å². The minimum atomic E-state index is 0.407. The quantitative estimate of drug-likeness (QED) is 0.854. The third kappa shape index (κ3) is 2.88. The average Bonchev–Trinajstić information content (AvgIpc) is 2.92. The number of likely N-dealkylation sites (N-methyl/N-ethyl adjacent to an activating group) is 1. The molecule has 1 N–H and O–H groups in total. The molecule has 2 saturated carbocycles. The van der Waals surface area contributed by atoms with Crippen molar-refractivity contribution in [2.24, 2.45) is 5.92 Å². The van der Waals surface area contributed by atoms with Gasteiger partial charge in [0.15, 0.2) is 0 Å². The molecule has 0 amide bonds. The highest BCUT2D eigenvalue weighted by Crippen LogP contribution is 2.43. The zero-order chi connectivity index (χ0) is 13.3. The van der Waals surface area contributed by atoms with Crippen molar-refractivity contribution in [2.75, 3.05) is 20.6 Å². The molecule has 1 heterocycles. The van der Waals surface area contributed by atoms with Crippen LogP contribution in [-0.2, 0) is 0 Å². The largest absolute Gasteiger partial charge is 0.307 e. The molecular weight excluding hydrogens is 252 g/mol. The monoisotopic (exact) mass is 278 g/mol. The van der Waals surface area contributed by atoms with E-state index in [0.29, 0.717) is 11.6 Å². The summed E-state index contributed by atoms with van der Waals surface area (Å²) >= 11 is 1.91. The third-order valence-electron chi connectivity index (χ3n) is 5.08. The topological polar surface area (TPSA) is 15.3 Å². The molecule has 1 unspecified atom stereocenters. The Hall–Kier alpha value is -0.380. The van der Waals surface area contributed by atoms with Crippen LogP contribution >= 0.6 is 11.3 Å². The van der Waals surface area contributed by atoms with Crippen molar-refractivity contribution < 1.29 is 0 Å². The van der Waals surface area contributed by atoms with Crippen LogP contribution in [0, 0.1) is 5.92 Å². The summed E-state index contributed by atoms with van der Waals surface area (Å²) in [5, 5.41) is 6.13. The van der Waals surface area contributed by atoms with Crippen molar-refractivity contribution in [2.45, 2.75) is 50.1 Å². The maximum atomic E-state index is 3.92. The number of nitrogens with zero attached hydrogens (tertiary/aromatic N) is 1. The second-order valence-electron chi connectivity index (χ2n) is 6.54. The average molecular weight is 278 g/mol. The van der Waals surface area contributed by atoms with Gasteiger partial charge in [-0.3, -0.25) is 0 Å². The number of rotatable bonds is 6. The van der Waals surface area contributed by atoms with Crippen LogP contribution in [0.4, 0.5) is 0 Å². The third-order valence-corrected chi connectivity index (χ3v) is 6.03. The maximum absolute atomic E-state index is 3.92. The van der Waals surface area contributed by atoms with Crippen molar-refractivity contribution in [1.29, 1.82) is 0 Å². The number of thiophene rings is 1. The minimum absolute atomic E-state index is 0.407. The fourth-order valence-corrected chi connectivity index (χ4v) is 4.41. The Morgan fingerprint density at radius 3 is 2.63 bits per heavy atom. The Morgan fingerprint density at radius 2 is 2.11 bits per heavy atom. The molecule has 0 saturated heterocycles. The van der Waals surface area contributed by atoms with Crippen molar-refractivity contribution in [1.82, 2.24) is 10.2 Å². The minimum Gasteiger partial charge on any atom is -0.307 e. The second-order valence-corrected chi connectivity index (χ2v) is 7.52. The van der Waals surface area contributed by atoms with Crippen LogP contribution in [0.2, 0.25) is 0 Å². The molecule has 1 atom stereocenters. The van der Waals surface area contributed by atoms with Gasteiger partial charge < -0.3 is 10.2 Å². The SMILES string of the molecule is CN(C)C1(CNC(c2cccs2)C2CC2)CCCC1. The zero-order valence-electron chi connectivity index (χ0n) is 12.2. The van der Waals surface area contributed by atoms with Crippen molar-refractivity contribution >= 4 is 11.3 Å². The Bertz CT molecular complexity index is 389. The van der Waals surface area contributed by atoms with Gasteiger partial charge >= 0.3 is 0 Å². The molecule has 0 aliphatic heterocycles. The first-order valence-electron chi connectivity index (χ1n) is 7.65. The molecule has 0 spiro atoms. The van der Waals surface area contributed by atoms with E-state index in [4.69, 9.17) is 0 Å². The van der Waals surface area contributed by atoms with Gasteiger partial charge in [-0.25, -0.2) is 0 Å². The van der Waals surface area contributed by atoms with Crippen LogP contribution in [0.5, 0.6) is 0 Å². The van der Waals surface area contributed by atoms with Gasteiger partial charge in [0, 0.05) is 23.0 Å². The van der Waals surface area contributed by atoms with Gasteiger partial charge in [-0.05, 0) is 57.1 Å². The number of nitrogens with one attached hydrogen (secondary N) is 1. The van der Waals surface area contributed by atoms with Crippen LogP contribution in [0.25, 0.3) is 0 Å². The lowest BCUT2D eigenvalue weighted by Crippen LogP contribution is -2.50. The van der Waals surface area contributed by atoms with Gasteiger partial charge in [0.2, 0.25) is 0 Å². The molecule has 2 aliphatic rings. The molecule has 2 fully saturated rings. The Morgan fingerprint density at radius 1 is 1.37 bits per heavy atom. The van der Waals surface area contributed by atoms with Gasteiger partial charge in [0.05, 0.1) is 0 Å². The first-order chi connectivity index (χ1) is 9.21. The Balaban J connectivity index is 1.66. The highest BCUT2D eigenvalue weighted by atomic mass is 32.1. The standard InChI is InChI=1S/C16H26N2S/c1-18(2)16(9-3-4-10-16)12-17-15(13-7-8-13)14-6-5-11-19-14/h5-6,11,13,15,17H,3-4,7-10,12H2,1-2H3. The van der Waals surface area contributed by atoms with Gasteiger partial charge in [0.1, 0.15) is 0 Å². The van der Waals surface area contributed by atoms with E-state index in [-0.39, 0.29) is 0 Å². The summed E-state index contributed by atoms with van der Waals surface area (Å²) in [4.78, 5) is 4.00. The lowest BCUT2D eigenvalue weighted by Gasteiger charge is -2.38. The zero-order valence-corrected chi connectivity index (χ0v) is 13.0. The Kier molecular flexibility index (Phi) is 3.97. The highest BCUT2D eigenvalue weighted by molar-refractivity contribution is 7.10. The molecule has 0 aromatic carbocycles. The first kappa shape index (κ1) is 13.6. The fraction of sp³-hybridized carbons (Fsp3) is 0.750. The van der Waals surface area contributed by atoms with E-state index in [9.17, 15) is 0 Å². The van der Waals surface area contributed by atoms with E-state index in [1.807, 2.05) is 11.3 Å². The van der Waals surface area contributed by atoms with E-state index in [1.165, 1.54) is 43.4 Å². The summed E-state index contributed by atoms with van der Waals surface area (Å²) in [5.41, 5.74) is 0.407. The van der Waals surface area contributed by atoms with Crippen molar-refractivity contribution in [3.63, 3.8) is 0 Å². The van der Waals surface area contributed by atoms with Crippen LogP contribution < -0.4 is 5.32 Å². The predicted octanol–water partition coefficient (Wildman–Crippen LogP) is 3.66. The summed E-state index contributed by atoms with van der Waals surface area (Å²) in [7, 11) is 4.51. The maximum Gasteiger partial charge on any atom is 0.0444 e. The van der Waals surface area contributed by atoms with E-state index in [0.717, 1.165) is 12.5 Å². The Labute approximate surface area is 121 Å². The molecule has 2 nitrogen and oxygen atoms in total. The van der Waals surface area contributed by atoms with Gasteiger partial charge in [-0.2, -0.15) is 0 Å². The first-order valence-corrected chi connectivity index (χ1v) is 8.53. The van der Waals surface area contributed by atoms with E-state index < -0.39 is 0 Å². The van der Waals surface area contributed by atoms with Crippen molar-refractivity contribution in [3.05, 3.63) is 22.4 Å². The van der Waals surface area contributed by atoms with E-state index in [1.54, 1.807) is 0 Å². The smallest absolute Gasteiger partial charge is 0.0444 e. The lowest BCUT2D eigenvalue weighted by atomic mass is 9.95. The normalized spacial score (nSPS) is 23.9. The van der Waals surface area contributed by atoms with Crippen LogP contribution in [0.1, 0.15) is 49.4 Å².